The number of nitrogens with zero attached hydrogens (tertiary/aromatic N) is 2. The molecule has 3 aromatic rings. The average molecular weight is 445 g/mol. The lowest BCUT2D eigenvalue weighted by atomic mass is 10.2. The van der Waals surface area contributed by atoms with E-state index < -0.39 is 16.0 Å². The summed E-state index contributed by atoms with van der Waals surface area (Å²) >= 11 is 1.32. The van der Waals surface area contributed by atoms with Gasteiger partial charge < -0.3 is 9.64 Å². The first-order valence-electron chi connectivity index (χ1n) is 9.44. The Labute approximate surface area is 178 Å². The van der Waals surface area contributed by atoms with Gasteiger partial charge in [0, 0.05) is 30.9 Å². The lowest BCUT2D eigenvalue weighted by molar-refractivity contribution is -0.135. The molecule has 0 unspecified atom stereocenters. The molecule has 1 aliphatic heterocycles. The molecule has 30 heavy (non-hydrogen) atoms. The summed E-state index contributed by atoms with van der Waals surface area (Å²) in [5.74, 6) is -0.865. The predicted octanol–water partition coefficient (Wildman–Crippen LogP) is 2.59. The molecule has 9 heteroatoms. The normalized spacial score (nSPS) is 15.3. The molecule has 156 valence electrons. The molecule has 1 saturated heterocycles. The summed E-state index contributed by atoms with van der Waals surface area (Å²) in [6.45, 7) is 0.551. The fraction of sp³-hybridized carbons (Fsp3) is 0.238. The van der Waals surface area contributed by atoms with Gasteiger partial charge in [0.15, 0.2) is 6.61 Å². The third kappa shape index (κ3) is 4.23. The Morgan fingerprint density at radius 3 is 2.30 bits per heavy atom. The summed E-state index contributed by atoms with van der Waals surface area (Å²) in [6.07, 6.45) is 0. The van der Waals surface area contributed by atoms with Crippen molar-refractivity contribution in [3.8, 4) is 0 Å². The molecular weight excluding hydrogens is 424 g/mol. The number of benzene rings is 2. The van der Waals surface area contributed by atoms with Crippen molar-refractivity contribution in [2.75, 3.05) is 32.8 Å². The first-order chi connectivity index (χ1) is 14.4. The standard InChI is InChI=1S/C21H20N2O5S2/c24-20(15-28-21(25)19-14-16-6-4-5-9-18(16)29-19)22-10-12-23(13-11-22)30(26,27)17-7-2-1-3-8-17/h1-9,14H,10-13,15H2. The van der Waals surface area contributed by atoms with Crippen LogP contribution in [0, 0.1) is 0 Å². The topological polar surface area (TPSA) is 84.0 Å². The Morgan fingerprint density at radius 1 is 0.933 bits per heavy atom. The second-order valence-corrected chi connectivity index (χ2v) is 9.84. The first kappa shape index (κ1) is 20.5. The van der Waals surface area contributed by atoms with E-state index in [1.165, 1.54) is 20.5 Å². The highest BCUT2D eigenvalue weighted by atomic mass is 32.2. The Morgan fingerprint density at radius 2 is 1.60 bits per heavy atom. The Hall–Kier alpha value is -2.75. The van der Waals surface area contributed by atoms with Gasteiger partial charge in [-0.05, 0) is 29.7 Å². The molecule has 0 bridgehead atoms. The van der Waals surface area contributed by atoms with Gasteiger partial charge in [-0.3, -0.25) is 4.79 Å². The monoisotopic (exact) mass is 444 g/mol. The van der Waals surface area contributed by atoms with E-state index in [1.807, 2.05) is 24.3 Å². The minimum Gasteiger partial charge on any atom is -0.451 e. The summed E-state index contributed by atoms with van der Waals surface area (Å²) < 4.78 is 32.9. The number of carbonyl (C=O) groups excluding carboxylic acids is 2. The van der Waals surface area contributed by atoms with Crippen LogP contribution in [-0.4, -0.2) is 62.3 Å². The molecule has 7 nitrogen and oxygen atoms in total. The summed E-state index contributed by atoms with van der Waals surface area (Å²) in [7, 11) is -3.57. The van der Waals surface area contributed by atoms with Crippen LogP contribution in [0.2, 0.25) is 0 Å². The highest BCUT2D eigenvalue weighted by Crippen LogP contribution is 2.25. The first-order valence-corrected chi connectivity index (χ1v) is 11.7. The molecular formula is C21H20N2O5S2. The maximum Gasteiger partial charge on any atom is 0.348 e. The molecule has 1 aromatic heterocycles. The fourth-order valence-electron chi connectivity index (χ4n) is 3.29. The van der Waals surface area contributed by atoms with E-state index in [4.69, 9.17) is 4.74 Å². The molecule has 0 radical (unpaired) electrons. The highest BCUT2D eigenvalue weighted by Gasteiger charge is 2.30. The van der Waals surface area contributed by atoms with Crippen LogP contribution in [0.4, 0.5) is 0 Å². The molecule has 0 N–H and O–H groups in total. The second-order valence-electron chi connectivity index (χ2n) is 6.82. The summed E-state index contributed by atoms with van der Waals surface area (Å²) in [5.41, 5.74) is 0. The zero-order valence-electron chi connectivity index (χ0n) is 16.1. The molecule has 1 fully saturated rings. The average Bonchev–Trinajstić information content (AvgIpc) is 3.22. The minimum atomic E-state index is -3.57. The van der Waals surface area contributed by atoms with E-state index in [2.05, 4.69) is 0 Å². The summed E-state index contributed by atoms with van der Waals surface area (Å²) in [5, 5.41) is 0.955. The Bertz CT molecular complexity index is 1130. The van der Waals surface area contributed by atoms with Gasteiger partial charge in [0.2, 0.25) is 10.0 Å². The maximum absolute atomic E-state index is 12.7. The van der Waals surface area contributed by atoms with E-state index in [0.717, 1.165) is 10.1 Å². The van der Waals surface area contributed by atoms with Crippen LogP contribution in [0.1, 0.15) is 9.67 Å². The van der Waals surface area contributed by atoms with Crippen molar-refractivity contribution in [1.82, 2.24) is 9.21 Å². The number of amides is 1. The molecule has 4 rings (SSSR count). The van der Waals surface area contributed by atoms with Gasteiger partial charge in [0.1, 0.15) is 4.88 Å². The quantitative estimate of drug-likeness (QED) is 0.565. The van der Waals surface area contributed by atoms with Gasteiger partial charge in [-0.15, -0.1) is 11.3 Å². The third-order valence-electron chi connectivity index (χ3n) is 4.93. The number of ether oxygens (including phenoxy) is 1. The summed E-state index contributed by atoms with van der Waals surface area (Å²) in [6, 6.07) is 17.6. The van der Waals surface area contributed by atoms with Gasteiger partial charge in [-0.1, -0.05) is 36.4 Å². The summed E-state index contributed by atoms with van der Waals surface area (Å²) in [4.78, 5) is 26.9. The van der Waals surface area contributed by atoms with Crippen LogP contribution >= 0.6 is 11.3 Å². The van der Waals surface area contributed by atoms with E-state index in [-0.39, 0.29) is 43.6 Å². The molecule has 1 amide bonds. The van der Waals surface area contributed by atoms with Crippen molar-refractivity contribution >= 4 is 43.3 Å². The van der Waals surface area contributed by atoms with Crippen molar-refractivity contribution < 1.29 is 22.7 Å². The number of hydrogen-bond donors (Lipinski definition) is 0. The number of rotatable bonds is 5. The van der Waals surface area contributed by atoms with Gasteiger partial charge in [-0.2, -0.15) is 4.31 Å². The molecule has 0 saturated carbocycles. The second kappa shape index (κ2) is 8.55. The van der Waals surface area contributed by atoms with Crippen LogP contribution in [0.15, 0.2) is 65.6 Å². The van der Waals surface area contributed by atoms with E-state index in [0.29, 0.717) is 4.88 Å². The van der Waals surface area contributed by atoms with Gasteiger partial charge in [-0.25, -0.2) is 13.2 Å². The van der Waals surface area contributed by atoms with Crippen molar-refractivity contribution in [3.05, 3.63) is 65.5 Å². The van der Waals surface area contributed by atoms with Gasteiger partial charge >= 0.3 is 5.97 Å². The van der Waals surface area contributed by atoms with Crippen molar-refractivity contribution in [2.45, 2.75) is 4.90 Å². The maximum atomic E-state index is 12.7. The van der Waals surface area contributed by atoms with Crippen LogP contribution < -0.4 is 0 Å². The Balaban J connectivity index is 1.31. The fourth-order valence-corrected chi connectivity index (χ4v) is 5.69. The third-order valence-corrected chi connectivity index (χ3v) is 7.93. The van der Waals surface area contributed by atoms with Crippen LogP contribution in [-0.2, 0) is 19.6 Å². The van der Waals surface area contributed by atoms with E-state index in [1.54, 1.807) is 36.4 Å². The van der Waals surface area contributed by atoms with Crippen LogP contribution in [0.25, 0.3) is 10.1 Å². The number of carbonyl (C=O) groups is 2. The SMILES string of the molecule is O=C(OCC(=O)N1CCN(S(=O)(=O)c2ccccc2)CC1)c1cc2ccccc2s1. The minimum absolute atomic E-state index is 0.202. The zero-order valence-corrected chi connectivity index (χ0v) is 17.7. The van der Waals surface area contributed by atoms with Gasteiger partial charge in [0.05, 0.1) is 4.90 Å². The lowest BCUT2D eigenvalue weighted by Crippen LogP contribution is -2.51. The number of hydrogen-bond acceptors (Lipinski definition) is 6. The molecule has 2 aromatic carbocycles. The molecule has 0 spiro atoms. The van der Waals surface area contributed by atoms with E-state index >= 15 is 0 Å². The molecule has 2 heterocycles. The van der Waals surface area contributed by atoms with Gasteiger partial charge in [0.25, 0.3) is 5.91 Å². The van der Waals surface area contributed by atoms with Crippen LogP contribution in [0.5, 0.6) is 0 Å². The van der Waals surface area contributed by atoms with E-state index in [9.17, 15) is 18.0 Å². The largest absolute Gasteiger partial charge is 0.451 e. The molecule has 0 atom stereocenters. The Kier molecular flexibility index (Phi) is 5.85. The van der Waals surface area contributed by atoms with Crippen LogP contribution in [0.3, 0.4) is 0 Å². The predicted molar refractivity (Wildman–Crippen MR) is 114 cm³/mol. The highest BCUT2D eigenvalue weighted by molar-refractivity contribution is 7.89. The van der Waals surface area contributed by atoms with Crippen molar-refractivity contribution in [2.24, 2.45) is 0 Å². The molecule has 0 aliphatic carbocycles. The van der Waals surface area contributed by atoms with Crippen molar-refractivity contribution in [1.29, 1.82) is 0 Å². The number of thiophene rings is 1. The van der Waals surface area contributed by atoms with Crippen molar-refractivity contribution in [3.63, 3.8) is 0 Å². The number of esters is 1. The number of piperazine rings is 1. The number of sulfonamides is 1. The number of fused-ring (bicyclic) bond motifs is 1. The smallest absolute Gasteiger partial charge is 0.348 e. The zero-order chi connectivity index (χ0) is 21.1. The lowest BCUT2D eigenvalue weighted by Gasteiger charge is -2.33. The molecule has 1 aliphatic rings.